The molecule has 2 N–H and O–H groups in total. The standard InChI is InChI=1S/C15H18N4O/c1-10(20)17-15-16-8-7-13(18-15)12-9-19(2)14-6-4-3-5-11(12)14/h3-6,9,13H,7-8H2,1-2H3,(H2,16,17,18,20). The van der Waals surface area contributed by atoms with E-state index in [1.165, 1.54) is 23.4 Å². The number of para-hydroxylation sites is 1. The molecule has 5 nitrogen and oxygen atoms in total. The first kappa shape index (κ1) is 12.7. The van der Waals surface area contributed by atoms with Gasteiger partial charge < -0.3 is 9.88 Å². The Morgan fingerprint density at radius 2 is 2.25 bits per heavy atom. The number of amides is 1. The molecule has 2 aromatic rings. The molecule has 2 heterocycles. The smallest absolute Gasteiger partial charge is 0.223 e. The molecule has 3 rings (SSSR count). The van der Waals surface area contributed by atoms with Crippen molar-refractivity contribution in [2.45, 2.75) is 19.4 Å². The summed E-state index contributed by atoms with van der Waals surface area (Å²) in [6.45, 7) is 2.21. The first-order valence-electron chi connectivity index (χ1n) is 6.77. The van der Waals surface area contributed by atoms with Crippen LogP contribution >= 0.6 is 0 Å². The zero-order valence-electron chi connectivity index (χ0n) is 11.7. The van der Waals surface area contributed by atoms with Crippen LogP contribution in [0.5, 0.6) is 0 Å². The van der Waals surface area contributed by atoms with Crippen molar-refractivity contribution in [3.8, 4) is 0 Å². The van der Waals surface area contributed by atoms with Crippen LogP contribution in [0.2, 0.25) is 0 Å². The van der Waals surface area contributed by atoms with Crippen LogP contribution in [0.1, 0.15) is 24.9 Å². The quantitative estimate of drug-likeness (QED) is 0.828. The summed E-state index contributed by atoms with van der Waals surface area (Å²) in [4.78, 5) is 15.4. The fourth-order valence-electron chi connectivity index (χ4n) is 2.71. The lowest BCUT2D eigenvalue weighted by atomic mass is 10.0. The van der Waals surface area contributed by atoms with Crippen LogP contribution < -0.4 is 10.6 Å². The summed E-state index contributed by atoms with van der Waals surface area (Å²) in [7, 11) is 2.05. The van der Waals surface area contributed by atoms with Gasteiger partial charge in [-0.1, -0.05) is 18.2 Å². The number of nitrogens with one attached hydrogen (secondary N) is 2. The van der Waals surface area contributed by atoms with E-state index in [4.69, 9.17) is 0 Å². The molecule has 1 unspecified atom stereocenters. The minimum atomic E-state index is -0.102. The second-order valence-corrected chi connectivity index (χ2v) is 5.11. The Bertz CT molecular complexity index is 686. The third kappa shape index (κ3) is 2.27. The number of carbonyl (C=O) groups excluding carboxylic acids is 1. The van der Waals surface area contributed by atoms with Crippen molar-refractivity contribution in [2.75, 3.05) is 6.54 Å². The molecule has 20 heavy (non-hydrogen) atoms. The molecule has 0 aliphatic carbocycles. The lowest BCUT2D eigenvalue weighted by molar-refractivity contribution is -0.117. The van der Waals surface area contributed by atoms with E-state index in [-0.39, 0.29) is 11.9 Å². The van der Waals surface area contributed by atoms with E-state index >= 15 is 0 Å². The summed E-state index contributed by atoms with van der Waals surface area (Å²) in [6.07, 6.45) is 3.08. The van der Waals surface area contributed by atoms with E-state index in [2.05, 4.69) is 51.6 Å². The van der Waals surface area contributed by atoms with Crippen LogP contribution in [0.4, 0.5) is 0 Å². The monoisotopic (exact) mass is 270 g/mol. The molecule has 0 fully saturated rings. The minimum Gasteiger partial charge on any atom is -0.350 e. The third-order valence-electron chi connectivity index (χ3n) is 3.60. The number of aliphatic imine (C=N–C) groups is 1. The molecule has 1 aromatic heterocycles. The maximum Gasteiger partial charge on any atom is 0.223 e. The Morgan fingerprint density at radius 3 is 3.05 bits per heavy atom. The first-order chi connectivity index (χ1) is 9.65. The zero-order chi connectivity index (χ0) is 14.1. The van der Waals surface area contributed by atoms with Gasteiger partial charge in [-0.05, 0) is 18.1 Å². The Labute approximate surface area is 117 Å². The summed E-state index contributed by atoms with van der Waals surface area (Å²) in [5, 5.41) is 7.29. The largest absolute Gasteiger partial charge is 0.350 e. The van der Waals surface area contributed by atoms with Gasteiger partial charge in [0.25, 0.3) is 0 Å². The second-order valence-electron chi connectivity index (χ2n) is 5.11. The Hall–Kier alpha value is -2.30. The predicted octanol–water partition coefficient (Wildman–Crippen LogP) is 1.70. The maximum atomic E-state index is 11.1. The minimum absolute atomic E-state index is 0.102. The van der Waals surface area contributed by atoms with Crippen LogP contribution in [0.25, 0.3) is 10.9 Å². The maximum absolute atomic E-state index is 11.1. The molecule has 1 aliphatic heterocycles. The van der Waals surface area contributed by atoms with E-state index in [1.807, 2.05) is 6.07 Å². The number of benzene rings is 1. The molecule has 1 atom stereocenters. The van der Waals surface area contributed by atoms with E-state index in [0.717, 1.165) is 13.0 Å². The van der Waals surface area contributed by atoms with Crippen LogP contribution in [0.15, 0.2) is 35.5 Å². The van der Waals surface area contributed by atoms with E-state index < -0.39 is 0 Å². The molecule has 1 aliphatic rings. The van der Waals surface area contributed by atoms with Crippen molar-refractivity contribution in [1.82, 2.24) is 15.2 Å². The summed E-state index contributed by atoms with van der Waals surface area (Å²) >= 11 is 0. The predicted molar refractivity (Wildman–Crippen MR) is 79.5 cm³/mol. The number of hydrogen-bond donors (Lipinski definition) is 2. The van der Waals surface area contributed by atoms with Crippen molar-refractivity contribution in [1.29, 1.82) is 0 Å². The average molecular weight is 270 g/mol. The van der Waals surface area contributed by atoms with Crippen LogP contribution in [-0.4, -0.2) is 23.0 Å². The molecular formula is C15H18N4O. The topological polar surface area (TPSA) is 58.4 Å². The first-order valence-corrected chi connectivity index (χ1v) is 6.77. The molecular weight excluding hydrogens is 252 g/mol. The van der Waals surface area contributed by atoms with Crippen molar-refractivity contribution in [3.05, 3.63) is 36.0 Å². The number of carbonyl (C=O) groups is 1. The van der Waals surface area contributed by atoms with Gasteiger partial charge in [-0.15, -0.1) is 0 Å². The molecule has 0 spiro atoms. The van der Waals surface area contributed by atoms with Gasteiger partial charge in [0.1, 0.15) is 0 Å². The van der Waals surface area contributed by atoms with Gasteiger partial charge in [0, 0.05) is 37.6 Å². The van der Waals surface area contributed by atoms with Crippen molar-refractivity contribution in [3.63, 3.8) is 0 Å². The van der Waals surface area contributed by atoms with Crippen molar-refractivity contribution < 1.29 is 4.79 Å². The van der Waals surface area contributed by atoms with Crippen molar-refractivity contribution >= 4 is 22.8 Å². The highest BCUT2D eigenvalue weighted by Crippen LogP contribution is 2.28. The van der Waals surface area contributed by atoms with Crippen LogP contribution in [-0.2, 0) is 11.8 Å². The average Bonchev–Trinajstić information content (AvgIpc) is 2.76. The molecule has 1 amide bonds. The molecule has 0 radical (unpaired) electrons. The number of guanidine groups is 1. The molecule has 5 heteroatoms. The molecule has 0 saturated carbocycles. The Balaban J connectivity index is 1.92. The Morgan fingerprint density at radius 1 is 1.45 bits per heavy atom. The van der Waals surface area contributed by atoms with Crippen LogP contribution in [0.3, 0.4) is 0 Å². The fraction of sp³-hybridized carbons (Fsp3) is 0.333. The summed E-state index contributed by atoms with van der Waals surface area (Å²) in [6, 6.07) is 8.53. The van der Waals surface area contributed by atoms with Gasteiger partial charge in [-0.25, -0.2) is 0 Å². The number of aryl methyl sites for hydroxylation is 1. The van der Waals surface area contributed by atoms with Gasteiger partial charge in [0.05, 0.1) is 6.04 Å². The van der Waals surface area contributed by atoms with Gasteiger partial charge in [0.15, 0.2) is 5.96 Å². The molecule has 104 valence electrons. The van der Waals surface area contributed by atoms with E-state index in [9.17, 15) is 4.79 Å². The summed E-state index contributed by atoms with van der Waals surface area (Å²) < 4.78 is 2.14. The third-order valence-corrected chi connectivity index (χ3v) is 3.60. The highest BCUT2D eigenvalue weighted by Gasteiger charge is 2.21. The number of fused-ring (bicyclic) bond motifs is 1. The van der Waals surface area contributed by atoms with Gasteiger partial charge in [0.2, 0.25) is 5.91 Å². The molecule has 0 saturated heterocycles. The van der Waals surface area contributed by atoms with E-state index in [0.29, 0.717) is 5.96 Å². The van der Waals surface area contributed by atoms with E-state index in [1.54, 1.807) is 0 Å². The molecule has 0 bridgehead atoms. The SMILES string of the molecule is CC(=O)NC1=NCCC(c2cn(C)c3ccccc23)N1. The lowest BCUT2D eigenvalue weighted by Gasteiger charge is -2.24. The Kier molecular flexibility index (Phi) is 3.18. The van der Waals surface area contributed by atoms with Crippen LogP contribution in [0, 0.1) is 0 Å². The number of nitrogens with zero attached hydrogens (tertiary/aromatic N) is 2. The number of rotatable bonds is 1. The number of hydrogen-bond acceptors (Lipinski definition) is 3. The van der Waals surface area contributed by atoms with Gasteiger partial charge in [-0.3, -0.25) is 15.1 Å². The summed E-state index contributed by atoms with van der Waals surface area (Å²) in [5.74, 6) is 0.469. The molecule has 1 aromatic carbocycles. The van der Waals surface area contributed by atoms with Gasteiger partial charge in [-0.2, -0.15) is 0 Å². The lowest BCUT2D eigenvalue weighted by Crippen LogP contribution is -2.44. The normalized spacial score (nSPS) is 18.5. The van der Waals surface area contributed by atoms with Crippen molar-refractivity contribution in [2.24, 2.45) is 12.0 Å². The second kappa shape index (κ2) is 5.00. The van der Waals surface area contributed by atoms with Gasteiger partial charge >= 0.3 is 0 Å². The summed E-state index contributed by atoms with van der Waals surface area (Å²) in [5.41, 5.74) is 2.47. The highest BCUT2D eigenvalue weighted by molar-refractivity contribution is 5.96. The fourth-order valence-corrected chi connectivity index (χ4v) is 2.71. The number of aromatic nitrogens is 1. The zero-order valence-corrected chi connectivity index (χ0v) is 11.7. The highest BCUT2D eigenvalue weighted by atomic mass is 16.1.